The van der Waals surface area contributed by atoms with Gasteiger partial charge in [-0.1, -0.05) is 11.6 Å². The van der Waals surface area contributed by atoms with E-state index >= 15 is 0 Å². The van der Waals surface area contributed by atoms with Gasteiger partial charge in [-0.3, -0.25) is 9.52 Å². The summed E-state index contributed by atoms with van der Waals surface area (Å²) < 4.78 is 38.3. The lowest BCUT2D eigenvalue weighted by Crippen LogP contribution is -2.20. The number of ether oxygens (including phenoxy) is 2. The number of aryl methyl sites for hydroxylation is 1. The Kier molecular flexibility index (Phi) is 4.97. The molecule has 2 aromatic rings. The summed E-state index contributed by atoms with van der Waals surface area (Å²) in [4.78, 5) is 11.5. The van der Waals surface area contributed by atoms with Crippen LogP contribution in [0.2, 0.25) is 5.02 Å². The molecule has 3 rings (SSSR count). The molecular formula is C17H17ClN2O5S. The number of methoxy groups -OCH3 is 2. The van der Waals surface area contributed by atoms with Crippen LogP contribution in [0.4, 0.5) is 11.4 Å². The Balaban J connectivity index is 1.95. The minimum Gasteiger partial charge on any atom is -0.495 e. The molecule has 0 saturated heterocycles. The highest BCUT2D eigenvalue weighted by Gasteiger charge is 2.22. The predicted octanol–water partition coefficient (Wildman–Crippen LogP) is 3.04. The van der Waals surface area contributed by atoms with Crippen LogP contribution in [0, 0.1) is 0 Å². The van der Waals surface area contributed by atoms with Crippen LogP contribution in [0.25, 0.3) is 0 Å². The van der Waals surface area contributed by atoms with Gasteiger partial charge in [-0.15, -0.1) is 0 Å². The van der Waals surface area contributed by atoms with Gasteiger partial charge in [0.1, 0.15) is 11.5 Å². The SMILES string of the molecule is COc1cc(OC)c(NS(=O)(=O)c2ccc3c(c2)CCC(=O)N3)cc1Cl. The summed E-state index contributed by atoms with van der Waals surface area (Å²) in [5.41, 5.74) is 1.60. The van der Waals surface area contributed by atoms with Crippen molar-refractivity contribution < 1.29 is 22.7 Å². The van der Waals surface area contributed by atoms with E-state index in [2.05, 4.69) is 10.0 Å². The molecule has 1 amide bonds. The summed E-state index contributed by atoms with van der Waals surface area (Å²) >= 11 is 6.09. The van der Waals surface area contributed by atoms with E-state index in [1.165, 1.54) is 32.4 Å². The van der Waals surface area contributed by atoms with Crippen LogP contribution in [0.3, 0.4) is 0 Å². The maximum absolute atomic E-state index is 12.8. The van der Waals surface area contributed by atoms with E-state index in [1.807, 2.05) is 0 Å². The third kappa shape index (κ3) is 3.56. The van der Waals surface area contributed by atoms with Gasteiger partial charge in [0.25, 0.3) is 10.0 Å². The van der Waals surface area contributed by atoms with Crippen LogP contribution in [-0.2, 0) is 21.2 Å². The van der Waals surface area contributed by atoms with Crippen LogP contribution >= 0.6 is 11.6 Å². The average Bonchev–Trinajstić information content (AvgIpc) is 2.61. The normalized spacial score (nSPS) is 13.6. The highest BCUT2D eigenvalue weighted by Crippen LogP contribution is 2.37. The first kappa shape index (κ1) is 18.3. The molecule has 26 heavy (non-hydrogen) atoms. The first-order chi connectivity index (χ1) is 12.3. The number of nitrogens with one attached hydrogen (secondary N) is 2. The summed E-state index contributed by atoms with van der Waals surface area (Å²) in [5, 5.41) is 2.97. The number of fused-ring (bicyclic) bond motifs is 1. The second-order valence-corrected chi connectivity index (χ2v) is 7.75. The zero-order valence-electron chi connectivity index (χ0n) is 14.1. The molecule has 0 unspecified atom stereocenters. The number of amides is 1. The van der Waals surface area contributed by atoms with Gasteiger partial charge in [-0.2, -0.15) is 0 Å². The number of hydrogen-bond donors (Lipinski definition) is 2. The van der Waals surface area contributed by atoms with E-state index in [4.69, 9.17) is 21.1 Å². The van der Waals surface area contributed by atoms with Crippen LogP contribution in [-0.4, -0.2) is 28.5 Å². The number of anilines is 2. The Morgan fingerprint density at radius 1 is 1.08 bits per heavy atom. The highest BCUT2D eigenvalue weighted by atomic mass is 35.5. The molecule has 0 bridgehead atoms. The van der Waals surface area contributed by atoms with Crippen molar-refractivity contribution >= 4 is 38.9 Å². The van der Waals surface area contributed by atoms with Crippen molar-refractivity contribution in [3.63, 3.8) is 0 Å². The summed E-state index contributed by atoms with van der Waals surface area (Å²) in [6, 6.07) is 7.50. The number of halogens is 1. The molecule has 0 saturated carbocycles. The molecular weight excluding hydrogens is 380 g/mol. The van der Waals surface area contributed by atoms with Crippen molar-refractivity contribution in [1.29, 1.82) is 0 Å². The molecule has 0 aromatic heterocycles. The molecule has 1 aliphatic heterocycles. The van der Waals surface area contributed by atoms with E-state index in [-0.39, 0.29) is 27.3 Å². The highest BCUT2D eigenvalue weighted by molar-refractivity contribution is 7.92. The number of benzene rings is 2. The fraction of sp³-hybridized carbons (Fsp3) is 0.235. The summed E-state index contributed by atoms with van der Waals surface area (Å²) in [5.74, 6) is 0.569. The quantitative estimate of drug-likeness (QED) is 0.810. The minimum atomic E-state index is -3.87. The van der Waals surface area contributed by atoms with Crippen molar-refractivity contribution in [2.24, 2.45) is 0 Å². The zero-order valence-corrected chi connectivity index (χ0v) is 15.7. The minimum absolute atomic E-state index is 0.0798. The number of carbonyl (C=O) groups excluding carboxylic acids is 1. The van der Waals surface area contributed by atoms with Gasteiger partial charge in [-0.25, -0.2) is 8.42 Å². The Hall–Kier alpha value is -2.45. The maximum atomic E-state index is 12.8. The van der Waals surface area contributed by atoms with Crippen molar-refractivity contribution in [3.8, 4) is 11.5 Å². The first-order valence-electron chi connectivity index (χ1n) is 7.71. The van der Waals surface area contributed by atoms with Gasteiger partial charge in [-0.05, 0) is 36.2 Å². The van der Waals surface area contributed by atoms with Gasteiger partial charge in [0.05, 0.1) is 29.8 Å². The Morgan fingerprint density at radius 3 is 2.50 bits per heavy atom. The molecule has 0 spiro atoms. The van der Waals surface area contributed by atoms with E-state index in [0.717, 1.165) is 5.56 Å². The second-order valence-electron chi connectivity index (χ2n) is 5.66. The van der Waals surface area contributed by atoms with Crippen molar-refractivity contribution in [1.82, 2.24) is 0 Å². The van der Waals surface area contributed by atoms with Crippen LogP contribution in [0.15, 0.2) is 35.2 Å². The number of carbonyl (C=O) groups is 1. The summed E-state index contributed by atoms with van der Waals surface area (Å²) in [6.45, 7) is 0. The van der Waals surface area contributed by atoms with Gasteiger partial charge < -0.3 is 14.8 Å². The molecule has 2 N–H and O–H groups in total. The van der Waals surface area contributed by atoms with Crippen LogP contribution < -0.4 is 19.5 Å². The van der Waals surface area contributed by atoms with Crippen molar-refractivity contribution in [2.75, 3.05) is 24.3 Å². The lowest BCUT2D eigenvalue weighted by molar-refractivity contribution is -0.116. The molecule has 9 heteroatoms. The lowest BCUT2D eigenvalue weighted by atomic mass is 10.0. The Bertz CT molecular complexity index is 975. The van der Waals surface area contributed by atoms with E-state index in [0.29, 0.717) is 24.3 Å². The third-order valence-corrected chi connectivity index (χ3v) is 5.66. The summed E-state index contributed by atoms with van der Waals surface area (Å²) in [7, 11) is -0.998. The molecule has 0 fully saturated rings. The first-order valence-corrected chi connectivity index (χ1v) is 9.57. The van der Waals surface area contributed by atoms with Gasteiger partial charge in [0.15, 0.2) is 0 Å². The molecule has 1 heterocycles. The maximum Gasteiger partial charge on any atom is 0.262 e. The lowest BCUT2D eigenvalue weighted by Gasteiger charge is -2.18. The number of sulfonamides is 1. The van der Waals surface area contributed by atoms with Crippen LogP contribution in [0.5, 0.6) is 11.5 Å². The van der Waals surface area contributed by atoms with E-state index in [9.17, 15) is 13.2 Å². The van der Waals surface area contributed by atoms with Crippen molar-refractivity contribution in [2.45, 2.75) is 17.7 Å². The monoisotopic (exact) mass is 396 g/mol. The molecule has 0 radical (unpaired) electrons. The second kappa shape index (κ2) is 7.05. The third-order valence-electron chi connectivity index (χ3n) is 4.00. The molecule has 2 aromatic carbocycles. The smallest absolute Gasteiger partial charge is 0.262 e. The topological polar surface area (TPSA) is 93.7 Å². The fourth-order valence-corrected chi connectivity index (χ4v) is 4.02. The number of rotatable bonds is 5. The van der Waals surface area contributed by atoms with Gasteiger partial charge in [0, 0.05) is 18.2 Å². The molecule has 7 nitrogen and oxygen atoms in total. The van der Waals surface area contributed by atoms with Gasteiger partial charge in [0.2, 0.25) is 5.91 Å². The van der Waals surface area contributed by atoms with Crippen LogP contribution in [0.1, 0.15) is 12.0 Å². The largest absolute Gasteiger partial charge is 0.495 e. The van der Waals surface area contributed by atoms with E-state index in [1.54, 1.807) is 12.1 Å². The average molecular weight is 397 g/mol. The Morgan fingerprint density at radius 2 is 1.81 bits per heavy atom. The molecule has 138 valence electrons. The summed E-state index contributed by atoms with van der Waals surface area (Å²) in [6.07, 6.45) is 0.814. The number of hydrogen-bond acceptors (Lipinski definition) is 5. The molecule has 0 aliphatic carbocycles. The van der Waals surface area contributed by atoms with Gasteiger partial charge >= 0.3 is 0 Å². The standard InChI is InChI=1S/C17H17ClN2O5S/c1-24-15-9-16(25-2)14(8-12(15)18)20-26(22,23)11-4-5-13-10(7-11)3-6-17(21)19-13/h4-5,7-9,20H,3,6H2,1-2H3,(H,19,21). The predicted molar refractivity (Wildman–Crippen MR) is 98.8 cm³/mol. The van der Waals surface area contributed by atoms with Crippen molar-refractivity contribution in [3.05, 3.63) is 40.9 Å². The Labute approximate surface area is 156 Å². The zero-order chi connectivity index (χ0) is 18.9. The molecule has 0 atom stereocenters. The van der Waals surface area contributed by atoms with E-state index < -0.39 is 10.0 Å². The fourth-order valence-electron chi connectivity index (χ4n) is 2.67. The molecule has 1 aliphatic rings.